The van der Waals surface area contributed by atoms with Crippen molar-refractivity contribution in [1.29, 1.82) is 0 Å². The number of rotatable bonds is 4. The molecule has 1 heterocycles. The second-order valence-electron chi connectivity index (χ2n) is 4.41. The maximum absolute atomic E-state index is 6.06. The largest absolute Gasteiger partial charge is 0.368 e. The van der Waals surface area contributed by atoms with Crippen molar-refractivity contribution in [2.24, 2.45) is 5.41 Å². The Hall–Kier alpha value is -0.540. The highest BCUT2D eigenvalue weighted by Gasteiger charge is 2.32. The third kappa shape index (κ3) is 2.58. The van der Waals surface area contributed by atoms with Gasteiger partial charge in [-0.2, -0.15) is 0 Å². The fourth-order valence-corrected chi connectivity index (χ4v) is 2.73. The van der Waals surface area contributed by atoms with Crippen LogP contribution in [0.2, 0.25) is 5.02 Å². The molecule has 0 aromatic carbocycles. The van der Waals surface area contributed by atoms with Crippen molar-refractivity contribution in [3.8, 4) is 0 Å². The Morgan fingerprint density at radius 3 is 2.75 bits per heavy atom. The zero-order valence-corrected chi connectivity index (χ0v) is 10.6. The maximum atomic E-state index is 6.06. The normalized spacial score (nSPS) is 18.6. The molecule has 1 fully saturated rings. The summed E-state index contributed by atoms with van der Waals surface area (Å²) in [5.74, 6) is 1.40. The van der Waals surface area contributed by atoms with E-state index in [1.54, 1.807) is 6.20 Å². The summed E-state index contributed by atoms with van der Waals surface area (Å²) in [5, 5.41) is 3.84. The number of hydrogen-bond acceptors (Lipinski definition) is 3. The lowest BCUT2D eigenvalue weighted by molar-refractivity contribution is 0.368. The summed E-state index contributed by atoms with van der Waals surface area (Å²) < 4.78 is 0. The van der Waals surface area contributed by atoms with E-state index in [0.717, 1.165) is 6.54 Å². The van der Waals surface area contributed by atoms with E-state index in [4.69, 9.17) is 23.2 Å². The molecule has 0 radical (unpaired) electrons. The number of hydrogen-bond donors (Lipinski definition) is 1. The van der Waals surface area contributed by atoms with Crippen molar-refractivity contribution in [2.45, 2.75) is 25.7 Å². The van der Waals surface area contributed by atoms with Crippen LogP contribution in [0.3, 0.4) is 0 Å². The average Bonchev–Trinajstić information content (AvgIpc) is 2.78. The van der Waals surface area contributed by atoms with Gasteiger partial charge >= 0.3 is 0 Å². The highest BCUT2D eigenvalue weighted by atomic mass is 35.5. The number of nitrogens with one attached hydrogen (secondary N) is 1. The Kier molecular flexibility index (Phi) is 3.87. The fourth-order valence-electron chi connectivity index (χ4n) is 2.20. The highest BCUT2D eigenvalue weighted by molar-refractivity contribution is 6.32. The second-order valence-corrected chi connectivity index (χ2v) is 5.09. The molecule has 16 heavy (non-hydrogen) atoms. The minimum Gasteiger partial charge on any atom is -0.368 e. The van der Waals surface area contributed by atoms with Gasteiger partial charge in [0.15, 0.2) is 0 Å². The number of anilines is 1. The lowest BCUT2D eigenvalue weighted by atomic mass is 9.88. The van der Waals surface area contributed by atoms with Crippen molar-refractivity contribution in [3.05, 3.63) is 17.5 Å². The van der Waals surface area contributed by atoms with Gasteiger partial charge in [0.25, 0.3) is 0 Å². The number of halogens is 2. The van der Waals surface area contributed by atoms with E-state index in [2.05, 4.69) is 15.3 Å². The summed E-state index contributed by atoms with van der Waals surface area (Å²) in [6, 6.07) is 0. The van der Waals surface area contributed by atoms with E-state index < -0.39 is 0 Å². The van der Waals surface area contributed by atoms with Gasteiger partial charge in [0.05, 0.1) is 6.20 Å². The first-order valence-corrected chi connectivity index (χ1v) is 6.42. The second kappa shape index (κ2) is 5.19. The maximum Gasteiger partial charge on any atom is 0.148 e. The predicted molar refractivity (Wildman–Crippen MR) is 67.2 cm³/mol. The third-order valence-electron chi connectivity index (χ3n) is 3.25. The molecule has 0 atom stereocenters. The molecule has 0 bridgehead atoms. The van der Waals surface area contributed by atoms with Gasteiger partial charge < -0.3 is 5.32 Å². The summed E-state index contributed by atoms with van der Waals surface area (Å²) in [4.78, 5) is 7.96. The lowest BCUT2D eigenvalue weighted by Gasteiger charge is -2.26. The van der Waals surface area contributed by atoms with E-state index in [0.29, 0.717) is 16.7 Å². The molecule has 1 aromatic heterocycles. The van der Waals surface area contributed by atoms with Crippen molar-refractivity contribution in [2.75, 3.05) is 17.7 Å². The van der Waals surface area contributed by atoms with Gasteiger partial charge in [-0.1, -0.05) is 24.4 Å². The molecule has 3 nitrogen and oxygen atoms in total. The van der Waals surface area contributed by atoms with Crippen LogP contribution in [-0.2, 0) is 0 Å². The van der Waals surface area contributed by atoms with Crippen LogP contribution in [0.15, 0.2) is 12.5 Å². The van der Waals surface area contributed by atoms with Gasteiger partial charge in [0.1, 0.15) is 17.2 Å². The van der Waals surface area contributed by atoms with Crippen molar-refractivity contribution < 1.29 is 0 Å². The first-order chi connectivity index (χ1) is 7.76. The Morgan fingerprint density at radius 1 is 1.38 bits per heavy atom. The standard InChI is InChI=1S/C11H15Cl2N3/c12-6-11(3-1-2-4-11)7-15-10-9(13)5-14-8-16-10/h5,8H,1-4,6-7H2,(H,14,15,16). The molecule has 0 aliphatic heterocycles. The topological polar surface area (TPSA) is 37.8 Å². The first-order valence-electron chi connectivity index (χ1n) is 5.51. The van der Waals surface area contributed by atoms with E-state index in [1.807, 2.05) is 0 Å². The smallest absolute Gasteiger partial charge is 0.148 e. The molecule has 2 rings (SSSR count). The van der Waals surface area contributed by atoms with E-state index in [1.165, 1.54) is 32.0 Å². The fraction of sp³-hybridized carbons (Fsp3) is 0.636. The van der Waals surface area contributed by atoms with Crippen LogP contribution in [0, 0.1) is 5.41 Å². The summed E-state index contributed by atoms with van der Waals surface area (Å²) >= 11 is 12.0. The van der Waals surface area contributed by atoms with Gasteiger partial charge in [0, 0.05) is 17.8 Å². The summed E-state index contributed by atoms with van der Waals surface area (Å²) in [6.45, 7) is 0.841. The summed E-state index contributed by atoms with van der Waals surface area (Å²) in [5.41, 5.74) is 0.218. The molecule has 88 valence electrons. The van der Waals surface area contributed by atoms with Crippen LogP contribution in [0.5, 0.6) is 0 Å². The van der Waals surface area contributed by atoms with Crippen molar-refractivity contribution in [3.63, 3.8) is 0 Å². The van der Waals surface area contributed by atoms with Crippen LogP contribution in [0.1, 0.15) is 25.7 Å². The molecular formula is C11H15Cl2N3. The Bertz CT molecular complexity index is 351. The zero-order chi connectivity index (χ0) is 11.4. The van der Waals surface area contributed by atoms with Crippen LogP contribution in [0.25, 0.3) is 0 Å². The van der Waals surface area contributed by atoms with Gasteiger partial charge in [-0.25, -0.2) is 9.97 Å². The Labute approximate surface area is 106 Å². The van der Waals surface area contributed by atoms with E-state index >= 15 is 0 Å². The number of aromatic nitrogens is 2. The van der Waals surface area contributed by atoms with Crippen molar-refractivity contribution in [1.82, 2.24) is 9.97 Å². The van der Waals surface area contributed by atoms with Gasteiger partial charge in [-0.05, 0) is 12.8 Å². The number of alkyl halides is 1. The molecule has 1 N–H and O–H groups in total. The summed E-state index contributed by atoms with van der Waals surface area (Å²) in [7, 11) is 0. The van der Waals surface area contributed by atoms with Gasteiger partial charge in [-0.3, -0.25) is 0 Å². The molecule has 1 aromatic rings. The SMILES string of the molecule is ClCC1(CNc2ncncc2Cl)CCCC1. The minimum absolute atomic E-state index is 0.218. The molecule has 1 saturated carbocycles. The molecule has 1 aliphatic rings. The predicted octanol–water partition coefficient (Wildman–Crippen LogP) is 3.34. The molecule has 0 spiro atoms. The Balaban J connectivity index is 1.98. The van der Waals surface area contributed by atoms with Gasteiger partial charge in [-0.15, -0.1) is 11.6 Å². The first kappa shape index (κ1) is 11.9. The zero-order valence-electron chi connectivity index (χ0n) is 9.05. The molecule has 0 amide bonds. The van der Waals surface area contributed by atoms with Crippen LogP contribution in [0.4, 0.5) is 5.82 Å². The van der Waals surface area contributed by atoms with Gasteiger partial charge in [0.2, 0.25) is 0 Å². The molecule has 0 unspecified atom stereocenters. The molecular weight excluding hydrogens is 245 g/mol. The average molecular weight is 260 g/mol. The quantitative estimate of drug-likeness (QED) is 0.843. The lowest BCUT2D eigenvalue weighted by Crippen LogP contribution is -2.28. The third-order valence-corrected chi connectivity index (χ3v) is 4.09. The molecule has 0 saturated heterocycles. The van der Waals surface area contributed by atoms with Crippen LogP contribution < -0.4 is 5.32 Å². The monoisotopic (exact) mass is 259 g/mol. The number of nitrogens with zero attached hydrogens (tertiary/aromatic N) is 2. The molecule has 1 aliphatic carbocycles. The summed E-state index contributed by atoms with van der Waals surface area (Å²) in [6.07, 6.45) is 8.01. The van der Waals surface area contributed by atoms with Crippen molar-refractivity contribution >= 4 is 29.0 Å². The van der Waals surface area contributed by atoms with Crippen LogP contribution >= 0.6 is 23.2 Å². The minimum atomic E-state index is 0.218. The highest BCUT2D eigenvalue weighted by Crippen LogP contribution is 2.39. The molecule has 5 heteroatoms. The van der Waals surface area contributed by atoms with E-state index in [9.17, 15) is 0 Å². The Morgan fingerprint density at radius 2 is 2.12 bits per heavy atom. The van der Waals surface area contributed by atoms with E-state index in [-0.39, 0.29) is 5.41 Å². The van der Waals surface area contributed by atoms with Crippen LogP contribution in [-0.4, -0.2) is 22.4 Å².